The first kappa shape index (κ1) is 19.7. The van der Waals surface area contributed by atoms with E-state index < -0.39 is 0 Å². The van der Waals surface area contributed by atoms with Crippen LogP contribution in [0.15, 0.2) is 24.3 Å². The van der Waals surface area contributed by atoms with E-state index in [0.29, 0.717) is 19.2 Å². The fourth-order valence-corrected chi connectivity index (χ4v) is 3.88. The highest BCUT2D eigenvalue weighted by molar-refractivity contribution is 5.92. The minimum atomic E-state index is -0.364. The van der Waals surface area contributed by atoms with E-state index in [0.717, 1.165) is 37.1 Å². The Hall–Kier alpha value is -2.04. The number of hydrogen-bond donors (Lipinski definition) is 1. The Labute approximate surface area is 162 Å². The van der Waals surface area contributed by atoms with Crippen LogP contribution in [0.2, 0.25) is 0 Å². The van der Waals surface area contributed by atoms with Gasteiger partial charge in [0, 0.05) is 30.1 Å². The van der Waals surface area contributed by atoms with Crippen molar-refractivity contribution in [3.8, 4) is 5.75 Å². The normalized spacial score (nSPS) is 19.1. The average Bonchev–Trinajstić information content (AvgIpc) is 3.15. The molecule has 27 heavy (non-hydrogen) atoms. The van der Waals surface area contributed by atoms with Gasteiger partial charge in [-0.15, -0.1) is 0 Å². The zero-order valence-electron chi connectivity index (χ0n) is 16.8. The molecule has 0 bridgehead atoms. The lowest BCUT2D eigenvalue weighted by molar-refractivity contribution is -0.142. The van der Waals surface area contributed by atoms with Crippen LogP contribution in [0.4, 0.5) is 5.69 Å². The largest absolute Gasteiger partial charge is 0.490 e. The number of nitrogens with zero attached hydrogens (tertiary/aromatic N) is 1. The molecule has 1 aliphatic heterocycles. The van der Waals surface area contributed by atoms with Crippen LogP contribution in [-0.4, -0.2) is 35.9 Å². The van der Waals surface area contributed by atoms with Crippen molar-refractivity contribution in [3.05, 3.63) is 24.3 Å². The summed E-state index contributed by atoms with van der Waals surface area (Å²) in [6.07, 6.45) is 6.54. The van der Waals surface area contributed by atoms with Gasteiger partial charge >= 0.3 is 0 Å². The van der Waals surface area contributed by atoms with E-state index in [4.69, 9.17) is 4.74 Å². The van der Waals surface area contributed by atoms with E-state index in [9.17, 15) is 9.59 Å². The number of amides is 2. The molecular weight excluding hydrogens is 340 g/mol. The number of carbonyl (C=O) groups excluding carboxylic acids is 2. The highest BCUT2D eigenvalue weighted by atomic mass is 16.5. The third kappa shape index (κ3) is 5.24. The van der Waals surface area contributed by atoms with Crippen molar-refractivity contribution >= 4 is 17.5 Å². The van der Waals surface area contributed by atoms with Gasteiger partial charge < -0.3 is 15.0 Å². The first-order valence-electron chi connectivity index (χ1n) is 10.2. The molecule has 1 aromatic rings. The predicted octanol–water partition coefficient (Wildman–Crippen LogP) is 4.23. The molecule has 2 aliphatic rings. The number of piperidine rings is 1. The van der Waals surface area contributed by atoms with Crippen LogP contribution in [0.5, 0.6) is 5.75 Å². The van der Waals surface area contributed by atoms with E-state index in [1.165, 1.54) is 12.8 Å². The summed E-state index contributed by atoms with van der Waals surface area (Å²) in [4.78, 5) is 26.8. The molecule has 5 nitrogen and oxygen atoms in total. The second kappa shape index (κ2) is 8.32. The molecule has 1 saturated carbocycles. The molecule has 1 N–H and O–H groups in total. The van der Waals surface area contributed by atoms with Crippen LogP contribution in [-0.2, 0) is 9.59 Å². The Morgan fingerprint density at radius 1 is 1.00 bits per heavy atom. The molecule has 1 aliphatic carbocycles. The van der Waals surface area contributed by atoms with E-state index >= 15 is 0 Å². The predicted molar refractivity (Wildman–Crippen MR) is 107 cm³/mol. The summed E-state index contributed by atoms with van der Waals surface area (Å²) in [7, 11) is 0. The van der Waals surface area contributed by atoms with Crippen LogP contribution in [0.1, 0.15) is 59.3 Å². The number of nitrogens with one attached hydrogen (secondary N) is 1. The number of carbonyl (C=O) groups is 2. The molecule has 2 fully saturated rings. The number of benzene rings is 1. The standard InChI is InChI=1S/C22H32N2O3/c1-22(2,3)21(26)24-14-12-16(13-15-24)20(25)23-17-8-10-19(11-9-17)27-18-6-4-5-7-18/h8-11,16,18H,4-7,12-15H2,1-3H3,(H,23,25). The van der Waals surface area contributed by atoms with Gasteiger partial charge in [-0.3, -0.25) is 9.59 Å². The highest BCUT2D eigenvalue weighted by Gasteiger charge is 2.32. The molecule has 1 saturated heterocycles. The van der Waals surface area contributed by atoms with E-state index in [2.05, 4.69) is 5.32 Å². The number of ether oxygens (including phenoxy) is 1. The van der Waals surface area contributed by atoms with Crippen molar-refractivity contribution in [2.24, 2.45) is 11.3 Å². The summed E-state index contributed by atoms with van der Waals surface area (Å²) < 4.78 is 5.96. The molecule has 2 amide bonds. The van der Waals surface area contributed by atoms with Crippen LogP contribution >= 0.6 is 0 Å². The Kier molecular flexibility index (Phi) is 6.08. The first-order chi connectivity index (χ1) is 12.8. The maximum absolute atomic E-state index is 12.6. The zero-order chi connectivity index (χ0) is 19.4. The third-order valence-corrected chi connectivity index (χ3v) is 5.52. The van der Waals surface area contributed by atoms with Crippen molar-refractivity contribution in [2.75, 3.05) is 18.4 Å². The van der Waals surface area contributed by atoms with E-state index in [-0.39, 0.29) is 23.1 Å². The molecule has 0 unspecified atom stereocenters. The Balaban J connectivity index is 1.47. The lowest BCUT2D eigenvalue weighted by Gasteiger charge is -2.35. The second-order valence-electron chi connectivity index (χ2n) is 8.85. The molecule has 0 radical (unpaired) electrons. The number of rotatable bonds is 4. The summed E-state index contributed by atoms with van der Waals surface area (Å²) in [6.45, 7) is 7.13. The lowest BCUT2D eigenvalue weighted by Crippen LogP contribution is -2.45. The molecule has 0 atom stereocenters. The van der Waals surface area contributed by atoms with Gasteiger partial charge in [-0.25, -0.2) is 0 Å². The second-order valence-corrected chi connectivity index (χ2v) is 8.85. The fourth-order valence-electron chi connectivity index (χ4n) is 3.88. The quantitative estimate of drug-likeness (QED) is 0.860. The van der Waals surface area contributed by atoms with Crippen LogP contribution in [0.25, 0.3) is 0 Å². The molecule has 3 rings (SSSR count). The molecule has 5 heteroatoms. The Morgan fingerprint density at radius 3 is 2.15 bits per heavy atom. The van der Waals surface area contributed by atoms with E-state index in [1.807, 2.05) is 49.9 Å². The summed E-state index contributed by atoms with van der Waals surface area (Å²) in [6, 6.07) is 7.66. The van der Waals surface area contributed by atoms with E-state index in [1.54, 1.807) is 0 Å². The third-order valence-electron chi connectivity index (χ3n) is 5.52. The van der Waals surface area contributed by atoms with Gasteiger partial charge in [0.05, 0.1) is 6.10 Å². The van der Waals surface area contributed by atoms with Gasteiger partial charge in [0.2, 0.25) is 11.8 Å². The smallest absolute Gasteiger partial charge is 0.227 e. The summed E-state index contributed by atoms with van der Waals surface area (Å²) in [5.41, 5.74) is 0.434. The SMILES string of the molecule is CC(C)(C)C(=O)N1CCC(C(=O)Nc2ccc(OC3CCCC3)cc2)CC1. The highest BCUT2D eigenvalue weighted by Crippen LogP contribution is 2.27. The van der Waals surface area contributed by atoms with Crippen LogP contribution in [0.3, 0.4) is 0 Å². The number of hydrogen-bond acceptors (Lipinski definition) is 3. The van der Waals surface area contributed by atoms with Gasteiger partial charge in [-0.05, 0) is 62.8 Å². The lowest BCUT2D eigenvalue weighted by atomic mass is 9.90. The first-order valence-corrected chi connectivity index (χ1v) is 10.2. The summed E-state index contributed by atoms with van der Waals surface area (Å²) in [5.74, 6) is 1.04. The topological polar surface area (TPSA) is 58.6 Å². The van der Waals surface area contributed by atoms with Gasteiger partial charge in [0.25, 0.3) is 0 Å². The minimum Gasteiger partial charge on any atom is -0.490 e. The number of anilines is 1. The molecular formula is C22H32N2O3. The minimum absolute atomic E-state index is 0.0385. The average molecular weight is 373 g/mol. The molecule has 0 aromatic heterocycles. The van der Waals surface area contributed by atoms with Gasteiger partial charge in [0.1, 0.15) is 5.75 Å². The maximum Gasteiger partial charge on any atom is 0.227 e. The summed E-state index contributed by atoms with van der Waals surface area (Å²) in [5, 5.41) is 3.01. The Morgan fingerprint density at radius 2 is 1.59 bits per heavy atom. The maximum atomic E-state index is 12.6. The summed E-state index contributed by atoms with van der Waals surface area (Å²) >= 11 is 0. The van der Waals surface area contributed by atoms with Crippen molar-refractivity contribution in [3.63, 3.8) is 0 Å². The molecule has 0 spiro atoms. The zero-order valence-corrected chi connectivity index (χ0v) is 16.8. The molecule has 1 heterocycles. The monoisotopic (exact) mass is 372 g/mol. The number of likely N-dealkylation sites (tertiary alicyclic amines) is 1. The fraction of sp³-hybridized carbons (Fsp3) is 0.636. The van der Waals surface area contributed by atoms with Crippen molar-refractivity contribution in [1.29, 1.82) is 0 Å². The Bertz CT molecular complexity index is 649. The van der Waals surface area contributed by atoms with Crippen molar-refractivity contribution in [1.82, 2.24) is 4.90 Å². The van der Waals surface area contributed by atoms with Crippen molar-refractivity contribution < 1.29 is 14.3 Å². The molecule has 148 valence electrons. The van der Waals surface area contributed by atoms with Gasteiger partial charge in [-0.2, -0.15) is 0 Å². The van der Waals surface area contributed by atoms with Gasteiger partial charge in [-0.1, -0.05) is 20.8 Å². The van der Waals surface area contributed by atoms with Gasteiger partial charge in [0.15, 0.2) is 0 Å². The molecule has 1 aromatic carbocycles. The van der Waals surface area contributed by atoms with Crippen LogP contribution < -0.4 is 10.1 Å². The van der Waals surface area contributed by atoms with Crippen molar-refractivity contribution in [2.45, 2.75) is 65.4 Å². The van der Waals surface area contributed by atoms with Crippen LogP contribution in [0, 0.1) is 11.3 Å².